The highest BCUT2D eigenvalue weighted by Gasteiger charge is 2.37. The van der Waals surface area contributed by atoms with Crippen molar-refractivity contribution in [3.63, 3.8) is 0 Å². The molecule has 0 heterocycles. The van der Waals surface area contributed by atoms with Crippen LogP contribution in [0.1, 0.15) is 46.4 Å². The number of hydrogen-bond acceptors (Lipinski definition) is 4. The Kier molecular flexibility index (Phi) is 5.09. The van der Waals surface area contributed by atoms with Crippen molar-refractivity contribution in [1.82, 2.24) is 4.90 Å². The van der Waals surface area contributed by atoms with Crippen molar-refractivity contribution >= 4 is 21.7 Å². The first-order valence-electron chi connectivity index (χ1n) is 7.51. The van der Waals surface area contributed by atoms with Gasteiger partial charge in [0.25, 0.3) is 5.91 Å². The van der Waals surface area contributed by atoms with Gasteiger partial charge in [0.15, 0.2) is 9.84 Å². The van der Waals surface area contributed by atoms with Gasteiger partial charge >= 0.3 is 5.97 Å². The van der Waals surface area contributed by atoms with Gasteiger partial charge in [0.05, 0.1) is 10.8 Å². The molecule has 1 fully saturated rings. The lowest BCUT2D eigenvalue weighted by Crippen LogP contribution is -2.49. The van der Waals surface area contributed by atoms with Crippen molar-refractivity contribution in [3.05, 3.63) is 35.4 Å². The number of aromatic carboxylic acids is 1. The third kappa shape index (κ3) is 3.90. The zero-order valence-electron chi connectivity index (χ0n) is 13.2. The molecule has 1 aromatic rings. The molecule has 1 amide bonds. The summed E-state index contributed by atoms with van der Waals surface area (Å²) >= 11 is 0. The summed E-state index contributed by atoms with van der Waals surface area (Å²) in [4.78, 5) is 24.9. The third-order valence-electron chi connectivity index (χ3n) is 4.41. The Hall–Kier alpha value is -1.89. The number of rotatable bonds is 4. The standard InChI is InChI=1S/C16H21NO5S/c1-17(13-5-3-4-6-14(13)23(2,21)22)15(18)11-7-9-12(10-8-11)16(19)20/h7-10,13-14H,3-6H2,1-2H3,(H,19,20)/t13-,14+/m1/s1. The van der Waals surface area contributed by atoms with Crippen molar-refractivity contribution in [3.8, 4) is 0 Å². The maximum Gasteiger partial charge on any atom is 0.335 e. The average molecular weight is 339 g/mol. The van der Waals surface area contributed by atoms with Crippen LogP contribution in [0.4, 0.5) is 0 Å². The highest BCUT2D eigenvalue weighted by atomic mass is 32.2. The van der Waals surface area contributed by atoms with Gasteiger partial charge in [-0.2, -0.15) is 0 Å². The Bertz CT molecular complexity index is 696. The lowest BCUT2D eigenvalue weighted by Gasteiger charge is -2.37. The first-order valence-corrected chi connectivity index (χ1v) is 9.46. The number of carbonyl (C=O) groups is 2. The van der Waals surface area contributed by atoms with Crippen LogP contribution in [0.25, 0.3) is 0 Å². The van der Waals surface area contributed by atoms with E-state index in [0.717, 1.165) is 12.8 Å². The first kappa shape index (κ1) is 17.5. The minimum Gasteiger partial charge on any atom is -0.478 e. The van der Waals surface area contributed by atoms with Crippen LogP contribution in [0, 0.1) is 0 Å². The minimum atomic E-state index is -3.23. The van der Waals surface area contributed by atoms with Crippen LogP contribution in [0.15, 0.2) is 24.3 Å². The smallest absolute Gasteiger partial charge is 0.335 e. The number of amides is 1. The van der Waals surface area contributed by atoms with Crippen LogP contribution in [-0.2, 0) is 9.84 Å². The number of carbonyl (C=O) groups excluding carboxylic acids is 1. The highest BCUT2D eigenvalue weighted by Crippen LogP contribution is 2.28. The number of sulfone groups is 1. The summed E-state index contributed by atoms with van der Waals surface area (Å²) in [7, 11) is -1.61. The summed E-state index contributed by atoms with van der Waals surface area (Å²) in [6.45, 7) is 0. The first-order chi connectivity index (χ1) is 10.7. The van der Waals surface area contributed by atoms with Crippen LogP contribution in [-0.4, -0.2) is 54.9 Å². The van der Waals surface area contributed by atoms with E-state index in [0.29, 0.717) is 18.4 Å². The molecule has 7 heteroatoms. The lowest BCUT2D eigenvalue weighted by molar-refractivity contribution is 0.0684. The van der Waals surface area contributed by atoms with E-state index < -0.39 is 21.1 Å². The van der Waals surface area contributed by atoms with E-state index >= 15 is 0 Å². The van der Waals surface area contributed by atoms with E-state index in [-0.39, 0.29) is 17.5 Å². The maximum absolute atomic E-state index is 12.6. The zero-order chi connectivity index (χ0) is 17.2. The molecule has 0 saturated heterocycles. The SMILES string of the molecule is CN(C(=O)c1ccc(C(=O)O)cc1)[C@@H]1CCCC[C@@H]1S(C)(=O)=O. The predicted molar refractivity (Wildman–Crippen MR) is 86.4 cm³/mol. The molecule has 6 nitrogen and oxygen atoms in total. The van der Waals surface area contributed by atoms with Gasteiger partial charge in [0.1, 0.15) is 0 Å². The molecule has 1 saturated carbocycles. The molecule has 0 bridgehead atoms. The molecule has 1 aromatic carbocycles. The van der Waals surface area contributed by atoms with Gasteiger partial charge in [-0.1, -0.05) is 12.8 Å². The zero-order valence-corrected chi connectivity index (χ0v) is 14.0. The molecule has 0 aliphatic heterocycles. The highest BCUT2D eigenvalue weighted by molar-refractivity contribution is 7.91. The summed E-state index contributed by atoms with van der Waals surface area (Å²) in [6.07, 6.45) is 4.19. The summed E-state index contributed by atoms with van der Waals surface area (Å²) in [6, 6.07) is 5.32. The Labute approximate surface area is 136 Å². The minimum absolute atomic E-state index is 0.107. The largest absolute Gasteiger partial charge is 0.478 e. The van der Waals surface area contributed by atoms with Crippen molar-refractivity contribution in [2.75, 3.05) is 13.3 Å². The molecule has 23 heavy (non-hydrogen) atoms. The third-order valence-corrected chi connectivity index (χ3v) is 6.06. The summed E-state index contributed by atoms with van der Waals surface area (Å²) in [5, 5.41) is 8.35. The Morgan fingerprint density at radius 3 is 2.13 bits per heavy atom. The second-order valence-electron chi connectivity index (χ2n) is 6.02. The quantitative estimate of drug-likeness (QED) is 0.903. The van der Waals surface area contributed by atoms with Crippen LogP contribution in [0.2, 0.25) is 0 Å². The number of hydrogen-bond donors (Lipinski definition) is 1. The molecule has 0 aromatic heterocycles. The number of carboxylic acid groups (broad SMARTS) is 1. The molecule has 1 aliphatic carbocycles. The Morgan fingerprint density at radius 1 is 1.09 bits per heavy atom. The van der Waals surface area contributed by atoms with Gasteiger partial charge in [-0.15, -0.1) is 0 Å². The topological polar surface area (TPSA) is 91.8 Å². The van der Waals surface area contributed by atoms with Gasteiger partial charge < -0.3 is 10.0 Å². The van der Waals surface area contributed by atoms with Gasteiger partial charge in [0.2, 0.25) is 0 Å². The van der Waals surface area contributed by atoms with E-state index in [2.05, 4.69) is 0 Å². The molecule has 1 aliphatic rings. The summed E-state index contributed by atoms with van der Waals surface area (Å²) in [5.41, 5.74) is 0.464. The number of nitrogens with zero attached hydrogens (tertiary/aromatic N) is 1. The van der Waals surface area contributed by atoms with Gasteiger partial charge in [-0.3, -0.25) is 4.79 Å². The molecule has 0 spiro atoms. The molecular formula is C16H21NO5S. The van der Waals surface area contributed by atoms with Gasteiger partial charge in [-0.05, 0) is 37.1 Å². The van der Waals surface area contributed by atoms with E-state index in [1.54, 1.807) is 7.05 Å². The Morgan fingerprint density at radius 2 is 1.61 bits per heavy atom. The van der Waals surface area contributed by atoms with E-state index in [1.165, 1.54) is 35.4 Å². The molecule has 2 atom stereocenters. The molecule has 0 unspecified atom stereocenters. The second kappa shape index (κ2) is 6.70. The fraction of sp³-hybridized carbons (Fsp3) is 0.500. The van der Waals surface area contributed by atoms with E-state index in [9.17, 15) is 18.0 Å². The summed E-state index contributed by atoms with van der Waals surface area (Å²) in [5.74, 6) is -1.34. The van der Waals surface area contributed by atoms with Crippen LogP contribution in [0.5, 0.6) is 0 Å². The lowest BCUT2D eigenvalue weighted by atomic mass is 9.93. The number of carboxylic acids is 1. The predicted octanol–water partition coefficient (Wildman–Crippen LogP) is 1.81. The van der Waals surface area contributed by atoms with Crippen molar-refractivity contribution in [1.29, 1.82) is 0 Å². The maximum atomic E-state index is 12.6. The van der Waals surface area contributed by atoms with Crippen LogP contribution in [0.3, 0.4) is 0 Å². The molecule has 2 rings (SSSR count). The fourth-order valence-corrected chi connectivity index (χ4v) is 4.61. The van der Waals surface area contributed by atoms with E-state index in [1.807, 2.05) is 0 Å². The molecule has 0 radical (unpaired) electrons. The second-order valence-corrected chi connectivity index (χ2v) is 8.28. The van der Waals surface area contributed by atoms with Crippen molar-refractivity contribution in [2.24, 2.45) is 0 Å². The Balaban J connectivity index is 2.22. The van der Waals surface area contributed by atoms with Crippen molar-refractivity contribution < 1.29 is 23.1 Å². The van der Waals surface area contributed by atoms with Crippen molar-refractivity contribution in [2.45, 2.75) is 37.0 Å². The normalized spacial score (nSPS) is 21.7. The van der Waals surface area contributed by atoms with E-state index in [4.69, 9.17) is 5.11 Å². The van der Waals surface area contributed by atoms with Crippen LogP contribution >= 0.6 is 0 Å². The average Bonchev–Trinajstić information content (AvgIpc) is 2.52. The monoisotopic (exact) mass is 339 g/mol. The van der Waals surface area contributed by atoms with Gasteiger partial charge in [0, 0.05) is 24.9 Å². The van der Waals surface area contributed by atoms with Gasteiger partial charge in [-0.25, -0.2) is 13.2 Å². The van der Waals surface area contributed by atoms with Crippen LogP contribution < -0.4 is 0 Å². The molecule has 126 valence electrons. The summed E-state index contributed by atoms with van der Waals surface area (Å²) < 4.78 is 24.0. The number of benzene rings is 1. The fourth-order valence-electron chi connectivity index (χ4n) is 3.13. The molecular weight excluding hydrogens is 318 g/mol. The molecule has 1 N–H and O–H groups in total.